The topological polar surface area (TPSA) is 36.7 Å². The average molecular weight is 224 g/mol. The Morgan fingerprint density at radius 3 is 2.83 bits per heavy atom. The molecule has 0 bridgehead atoms. The fourth-order valence-corrected chi connectivity index (χ4v) is 1.12. The summed E-state index contributed by atoms with van der Waals surface area (Å²) in [7, 11) is 0. The van der Waals surface area contributed by atoms with E-state index in [4.69, 9.17) is 5.26 Å². The molecule has 2 nitrogen and oxygen atoms in total. The van der Waals surface area contributed by atoms with Gasteiger partial charge in [-0.3, -0.25) is 0 Å². The zero-order valence-electron chi connectivity index (χ0n) is 6.71. The Hall–Kier alpha value is -1.01. The first-order valence-corrected chi connectivity index (χ1v) is 4.25. The predicted molar refractivity (Wildman–Crippen MR) is 50.3 cm³/mol. The smallest absolute Gasteiger partial charge is 0.229 e. The lowest BCUT2D eigenvalue weighted by Gasteiger charge is -2.06. The van der Waals surface area contributed by atoms with E-state index >= 15 is 0 Å². The molecule has 3 heteroatoms. The first kappa shape index (κ1) is 9.08. The van der Waals surface area contributed by atoms with Crippen LogP contribution in [-0.4, -0.2) is 4.98 Å². The van der Waals surface area contributed by atoms with Crippen molar-refractivity contribution < 1.29 is 0 Å². The van der Waals surface area contributed by atoms with Crippen LogP contribution in [0.4, 0.5) is 0 Å². The van der Waals surface area contributed by atoms with Gasteiger partial charge in [-0.25, -0.2) is 4.98 Å². The molecular formula is C9H8BrN2+. The van der Waals surface area contributed by atoms with Gasteiger partial charge in [-0.1, -0.05) is 6.07 Å². The molecule has 0 aliphatic rings. The maximum atomic E-state index is 8.77. The zero-order chi connectivity index (χ0) is 9.19. The molecule has 0 saturated carbocycles. The lowest BCUT2D eigenvalue weighted by molar-refractivity contribution is 0.732. The van der Waals surface area contributed by atoms with Gasteiger partial charge in [0.1, 0.15) is 16.4 Å². The second kappa shape index (κ2) is 3.16. The second-order valence-corrected chi connectivity index (χ2v) is 3.60. The van der Waals surface area contributed by atoms with Gasteiger partial charge in [0.25, 0.3) is 0 Å². The van der Waals surface area contributed by atoms with Crippen LogP contribution in [0.15, 0.2) is 22.8 Å². The van der Waals surface area contributed by atoms with Crippen LogP contribution in [0.2, 0.25) is 0 Å². The van der Waals surface area contributed by atoms with Crippen LogP contribution in [-0.2, 0) is 5.41 Å². The molecule has 12 heavy (non-hydrogen) atoms. The number of aromatic nitrogens is 1. The number of nitrogens with zero attached hydrogens (tertiary/aromatic N) is 2. The van der Waals surface area contributed by atoms with E-state index in [1.807, 2.05) is 12.1 Å². The molecule has 0 saturated heterocycles. The largest absolute Gasteiger partial charge is 0.240 e. The minimum absolute atomic E-state index is 0.680. The Labute approximate surface area is 80.4 Å². The molecule has 0 amide bonds. The van der Waals surface area contributed by atoms with Gasteiger partial charge >= 0.3 is 0 Å². The molecule has 0 spiro atoms. The minimum atomic E-state index is -0.760. The number of nitriles is 1. The van der Waals surface area contributed by atoms with Crippen molar-refractivity contribution >= 4 is 15.9 Å². The number of pyridine rings is 1. The third kappa shape index (κ3) is 1.77. The van der Waals surface area contributed by atoms with Crippen molar-refractivity contribution in [2.75, 3.05) is 0 Å². The summed E-state index contributed by atoms with van der Waals surface area (Å²) in [6.07, 6.45) is 0. The number of halogens is 1. The summed E-state index contributed by atoms with van der Waals surface area (Å²) in [5, 5.41) is 8.77. The van der Waals surface area contributed by atoms with Crippen LogP contribution >= 0.6 is 15.9 Å². The fraction of sp³-hybridized carbons (Fsp3) is 0.222. The summed E-state index contributed by atoms with van der Waals surface area (Å²) in [6.45, 7) is 5.49. The van der Waals surface area contributed by atoms with E-state index in [-0.39, 0.29) is 0 Å². The van der Waals surface area contributed by atoms with Crippen molar-refractivity contribution in [3.05, 3.63) is 35.4 Å². The van der Waals surface area contributed by atoms with Gasteiger partial charge in [-0.15, -0.1) is 0 Å². The molecule has 0 aromatic carbocycles. The molecule has 1 aromatic rings. The summed E-state index contributed by atoms with van der Waals surface area (Å²) in [6, 6.07) is 7.54. The highest BCUT2D eigenvalue weighted by Gasteiger charge is 2.29. The fourth-order valence-electron chi connectivity index (χ4n) is 0.773. The van der Waals surface area contributed by atoms with Crippen LogP contribution in [0.1, 0.15) is 12.6 Å². The SMILES string of the molecule is [CH2+]C(C)(C#N)c1cccc(Br)n1. The highest BCUT2D eigenvalue weighted by molar-refractivity contribution is 9.10. The minimum Gasteiger partial charge on any atom is -0.240 e. The molecule has 60 valence electrons. The van der Waals surface area contributed by atoms with Crippen LogP contribution in [0.25, 0.3) is 0 Å². The Bertz CT molecular complexity index is 326. The van der Waals surface area contributed by atoms with Gasteiger partial charge in [-0.05, 0) is 28.1 Å². The van der Waals surface area contributed by atoms with E-state index in [9.17, 15) is 0 Å². The number of rotatable bonds is 1. The Morgan fingerprint density at radius 1 is 1.67 bits per heavy atom. The highest BCUT2D eigenvalue weighted by atomic mass is 79.9. The van der Waals surface area contributed by atoms with E-state index < -0.39 is 5.41 Å². The summed E-state index contributed by atoms with van der Waals surface area (Å²) in [4.78, 5) is 4.15. The molecule has 1 rings (SSSR count). The molecule has 0 aliphatic carbocycles. The van der Waals surface area contributed by atoms with Gasteiger partial charge in [-0.2, -0.15) is 5.26 Å². The Kier molecular flexibility index (Phi) is 2.39. The molecule has 0 aliphatic heterocycles. The van der Waals surface area contributed by atoms with Crippen molar-refractivity contribution in [3.63, 3.8) is 0 Å². The normalized spacial score (nSPS) is 14.8. The third-order valence-electron chi connectivity index (χ3n) is 1.53. The number of hydrogen-bond acceptors (Lipinski definition) is 2. The van der Waals surface area contributed by atoms with Crippen molar-refractivity contribution in [3.8, 4) is 6.07 Å². The first-order chi connectivity index (χ1) is 5.56. The van der Waals surface area contributed by atoms with E-state index in [1.165, 1.54) is 0 Å². The number of hydrogen-bond donors (Lipinski definition) is 0. The molecule has 1 heterocycles. The van der Waals surface area contributed by atoms with Gasteiger partial charge in [0.15, 0.2) is 0 Å². The average Bonchev–Trinajstić information content (AvgIpc) is 2.05. The highest BCUT2D eigenvalue weighted by Crippen LogP contribution is 2.20. The maximum Gasteiger partial charge on any atom is 0.229 e. The van der Waals surface area contributed by atoms with Gasteiger partial charge in [0.2, 0.25) is 5.41 Å². The Balaban J connectivity index is 3.14. The predicted octanol–water partition coefficient (Wildman–Crippen LogP) is 2.46. The second-order valence-electron chi connectivity index (χ2n) is 2.79. The molecule has 0 N–H and O–H groups in total. The lowest BCUT2D eigenvalue weighted by atomic mass is 9.91. The first-order valence-electron chi connectivity index (χ1n) is 3.46. The monoisotopic (exact) mass is 223 g/mol. The molecular weight excluding hydrogens is 216 g/mol. The molecule has 1 aromatic heterocycles. The summed E-state index contributed by atoms with van der Waals surface area (Å²) >= 11 is 3.24. The molecule has 1 unspecified atom stereocenters. The summed E-state index contributed by atoms with van der Waals surface area (Å²) < 4.78 is 0.727. The van der Waals surface area contributed by atoms with Gasteiger partial charge in [0, 0.05) is 6.92 Å². The van der Waals surface area contributed by atoms with E-state index in [0.29, 0.717) is 5.69 Å². The van der Waals surface area contributed by atoms with E-state index in [2.05, 4.69) is 33.9 Å². The van der Waals surface area contributed by atoms with Crippen molar-refractivity contribution in [1.29, 1.82) is 5.26 Å². The third-order valence-corrected chi connectivity index (χ3v) is 1.97. The standard InChI is InChI=1S/C9H8BrN2/c1-9(2,6-11)7-4-3-5-8(10)12-7/h3-5H,1H2,2H3/q+1. The van der Waals surface area contributed by atoms with Crippen molar-refractivity contribution in [2.24, 2.45) is 0 Å². The molecule has 0 radical (unpaired) electrons. The van der Waals surface area contributed by atoms with Gasteiger partial charge < -0.3 is 0 Å². The van der Waals surface area contributed by atoms with E-state index in [1.54, 1.807) is 13.0 Å². The van der Waals surface area contributed by atoms with Crippen LogP contribution in [0, 0.1) is 18.3 Å². The van der Waals surface area contributed by atoms with Gasteiger partial charge in [0.05, 0.1) is 6.92 Å². The maximum absolute atomic E-state index is 8.77. The van der Waals surface area contributed by atoms with Crippen LogP contribution in [0.3, 0.4) is 0 Å². The molecule has 0 fully saturated rings. The van der Waals surface area contributed by atoms with Crippen molar-refractivity contribution in [1.82, 2.24) is 4.98 Å². The summed E-state index contributed by atoms with van der Waals surface area (Å²) in [5.74, 6) is 0. The lowest BCUT2D eigenvalue weighted by Crippen LogP contribution is -2.16. The van der Waals surface area contributed by atoms with Crippen LogP contribution < -0.4 is 0 Å². The quantitative estimate of drug-likeness (QED) is 0.542. The van der Waals surface area contributed by atoms with Crippen molar-refractivity contribution in [2.45, 2.75) is 12.3 Å². The summed E-state index contributed by atoms with van der Waals surface area (Å²) in [5.41, 5.74) is -0.0802. The molecule has 1 atom stereocenters. The zero-order valence-corrected chi connectivity index (χ0v) is 8.30. The van der Waals surface area contributed by atoms with E-state index in [0.717, 1.165) is 4.60 Å². The van der Waals surface area contributed by atoms with Crippen LogP contribution in [0.5, 0.6) is 0 Å². The Morgan fingerprint density at radius 2 is 2.33 bits per heavy atom.